The summed E-state index contributed by atoms with van der Waals surface area (Å²) in [6.45, 7) is 5.60. The van der Waals surface area contributed by atoms with E-state index in [1.54, 1.807) is 11.3 Å². The molecule has 142 valence electrons. The van der Waals surface area contributed by atoms with Gasteiger partial charge in [-0.25, -0.2) is 0 Å². The van der Waals surface area contributed by atoms with Gasteiger partial charge in [-0.1, -0.05) is 6.07 Å². The predicted molar refractivity (Wildman–Crippen MR) is 115 cm³/mol. The summed E-state index contributed by atoms with van der Waals surface area (Å²) in [5.74, 6) is 0.713. The zero-order valence-electron chi connectivity index (χ0n) is 15.1. The third kappa shape index (κ3) is 8.40. The molecule has 1 aliphatic rings. The van der Waals surface area contributed by atoms with Gasteiger partial charge in [0.05, 0.1) is 6.04 Å². The number of ether oxygens (including phenoxy) is 1. The first-order valence-corrected chi connectivity index (χ1v) is 9.84. The Bertz CT molecular complexity index is 516. The number of nitrogens with one attached hydrogen (secondary N) is 2. The number of carbonyl (C=O) groups excluding carboxylic acids is 1. The summed E-state index contributed by atoms with van der Waals surface area (Å²) in [5, 5.41) is 8.73. The minimum atomic E-state index is -0.0815. The fraction of sp³-hybridized carbons (Fsp3) is 0.667. The lowest BCUT2D eigenvalue weighted by Crippen LogP contribution is -2.38. The van der Waals surface area contributed by atoms with Crippen LogP contribution in [-0.4, -0.2) is 31.1 Å². The van der Waals surface area contributed by atoms with Crippen molar-refractivity contribution in [1.82, 2.24) is 10.6 Å². The maximum absolute atomic E-state index is 11.8. The first-order valence-electron chi connectivity index (χ1n) is 8.96. The molecular weight excluding hydrogens is 449 g/mol. The number of guanidine groups is 1. The van der Waals surface area contributed by atoms with Gasteiger partial charge in [0.2, 0.25) is 0 Å². The average Bonchev–Trinajstić information content (AvgIpc) is 3.25. The van der Waals surface area contributed by atoms with Crippen molar-refractivity contribution >= 4 is 47.2 Å². The number of halogens is 1. The molecular formula is C18H30IN3O2S. The van der Waals surface area contributed by atoms with Crippen LogP contribution in [0.2, 0.25) is 0 Å². The van der Waals surface area contributed by atoms with Crippen LogP contribution in [0.25, 0.3) is 0 Å². The zero-order chi connectivity index (χ0) is 17.2. The molecule has 1 aromatic heterocycles. The molecule has 1 saturated carbocycles. The Labute approximate surface area is 172 Å². The Kier molecular flexibility index (Phi) is 11.1. The van der Waals surface area contributed by atoms with Crippen LogP contribution in [0.15, 0.2) is 22.5 Å². The number of hydrogen-bond donors (Lipinski definition) is 2. The summed E-state index contributed by atoms with van der Waals surface area (Å²) in [7, 11) is 0. The molecule has 7 heteroatoms. The van der Waals surface area contributed by atoms with E-state index < -0.39 is 0 Å². The largest absolute Gasteiger partial charge is 0.462 e. The van der Waals surface area contributed by atoms with E-state index in [2.05, 4.69) is 40.1 Å². The van der Waals surface area contributed by atoms with E-state index in [0.29, 0.717) is 13.0 Å². The number of nitrogens with zero attached hydrogens (tertiary/aromatic N) is 1. The summed E-state index contributed by atoms with van der Waals surface area (Å²) in [6.07, 6.45) is 5.74. The van der Waals surface area contributed by atoms with Gasteiger partial charge in [-0.15, -0.1) is 35.3 Å². The van der Waals surface area contributed by atoms with E-state index in [4.69, 9.17) is 4.74 Å². The van der Waals surface area contributed by atoms with Gasteiger partial charge < -0.3 is 15.4 Å². The van der Waals surface area contributed by atoms with Crippen molar-refractivity contribution in [2.75, 3.05) is 13.1 Å². The molecule has 1 aliphatic carbocycles. The Morgan fingerprint density at radius 3 is 2.84 bits per heavy atom. The molecule has 2 N–H and O–H groups in total. The van der Waals surface area contributed by atoms with E-state index in [0.717, 1.165) is 31.8 Å². The van der Waals surface area contributed by atoms with Crippen molar-refractivity contribution in [3.8, 4) is 0 Å². The number of carbonyl (C=O) groups is 1. The lowest BCUT2D eigenvalue weighted by atomic mass is 10.3. The first-order chi connectivity index (χ1) is 11.7. The van der Waals surface area contributed by atoms with Crippen molar-refractivity contribution < 1.29 is 9.53 Å². The van der Waals surface area contributed by atoms with Crippen LogP contribution in [0.4, 0.5) is 0 Å². The molecule has 1 aromatic rings. The Morgan fingerprint density at radius 2 is 2.20 bits per heavy atom. The molecule has 0 aromatic carbocycles. The van der Waals surface area contributed by atoms with Crippen LogP contribution >= 0.6 is 35.3 Å². The minimum Gasteiger partial charge on any atom is -0.462 e. The summed E-state index contributed by atoms with van der Waals surface area (Å²) in [6, 6.07) is 4.39. The zero-order valence-corrected chi connectivity index (χ0v) is 18.3. The highest BCUT2D eigenvalue weighted by Gasteiger charge is 2.18. The molecule has 2 rings (SSSR count). The minimum absolute atomic E-state index is 0. The predicted octanol–water partition coefficient (Wildman–Crippen LogP) is 4.25. The second kappa shape index (κ2) is 12.5. The van der Waals surface area contributed by atoms with Crippen molar-refractivity contribution in [3.05, 3.63) is 22.4 Å². The lowest BCUT2D eigenvalue weighted by molar-refractivity contribution is -0.148. The molecule has 0 radical (unpaired) electrons. The van der Waals surface area contributed by atoms with Crippen LogP contribution in [0.1, 0.15) is 63.3 Å². The molecule has 1 fully saturated rings. The maximum atomic E-state index is 11.8. The summed E-state index contributed by atoms with van der Waals surface area (Å²) in [5.41, 5.74) is 0. The van der Waals surface area contributed by atoms with Crippen LogP contribution in [-0.2, 0) is 9.53 Å². The van der Waals surface area contributed by atoms with E-state index in [1.165, 1.54) is 17.7 Å². The van der Waals surface area contributed by atoms with Crippen LogP contribution in [0.3, 0.4) is 0 Å². The summed E-state index contributed by atoms with van der Waals surface area (Å²) < 4.78 is 5.46. The van der Waals surface area contributed by atoms with Crippen molar-refractivity contribution in [1.29, 1.82) is 0 Å². The molecule has 0 spiro atoms. The average molecular weight is 479 g/mol. The molecule has 0 bridgehead atoms. The van der Waals surface area contributed by atoms with E-state index in [1.807, 2.05) is 6.92 Å². The number of rotatable bonds is 8. The number of thiophene rings is 1. The number of esters is 1. The molecule has 1 unspecified atom stereocenters. The second-order valence-corrected chi connectivity index (χ2v) is 7.12. The summed E-state index contributed by atoms with van der Waals surface area (Å²) in [4.78, 5) is 17.6. The van der Waals surface area contributed by atoms with Crippen molar-refractivity contribution in [2.24, 2.45) is 4.99 Å². The molecule has 0 saturated heterocycles. The van der Waals surface area contributed by atoms with Gasteiger partial charge in [0.25, 0.3) is 0 Å². The molecule has 25 heavy (non-hydrogen) atoms. The van der Waals surface area contributed by atoms with Crippen molar-refractivity contribution in [3.63, 3.8) is 0 Å². The Balaban J connectivity index is 0.00000312. The fourth-order valence-electron chi connectivity index (χ4n) is 2.80. The topological polar surface area (TPSA) is 62.7 Å². The number of aliphatic imine (C=N–C) groups is 1. The van der Waals surface area contributed by atoms with Crippen molar-refractivity contribution in [2.45, 2.75) is 64.5 Å². The van der Waals surface area contributed by atoms with E-state index >= 15 is 0 Å². The molecule has 0 aliphatic heterocycles. The standard InChI is InChI=1S/C18H29N3O2S.HI/c1-3-19-18(21-14(2)16-10-7-13-24-16)20-12-6-11-17(22)23-15-8-4-5-9-15;/h7,10,13-15H,3-6,8-9,11-12H2,1-2H3,(H2,19,20,21);1H. The van der Waals surface area contributed by atoms with Crippen LogP contribution in [0, 0.1) is 0 Å². The first kappa shape index (κ1) is 22.2. The van der Waals surface area contributed by atoms with Crippen LogP contribution < -0.4 is 10.6 Å². The monoisotopic (exact) mass is 479 g/mol. The van der Waals surface area contributed by atoms with Gasteiger partial charge in [0, 0.05) is 24.4 Å². The highest BCUT2D eigenvalue weighted by atomic mass is 127. The molecule has 1 heterocycles. The fourth-order valence-corrected chi connectivity index (χ4v) is 3.53. The van der Waals surface area contributed by atoms with Gasteiger partial charge in [-0.2, -0.15) is 0 Å². The second-order valence-electron chi connectivity index (χ2n) is 6.14. The lowest BCUT2D eigenvalue weighted by Gasteiger charge is -2.16. The SMILES string of the molecule is CCNC(=NCCCC(=O)OC1CCCC1)NC(C)c1cccs1.I. The molecule has 1 atom stereocenters. The summed E-state index contributed by atoms with van der Waals surface area (Å²) >= 11 is 1.73. The molecule has 0 amide bonds. The van der Waals surface area contributed by atoms with Gasteiger partial charge in [-0.05, 0) is 57.4 Å². The smallest absolute Gasteiger partial charge is 0.306 e. The van der Waals surface area contributed by atoms with Gasteiger partial charge in [0.1, 0.15) is 6.10 Å². The van der Waals surface area contributed by atoms with Gasteiger partial charge >= 0.3 is 5.97 Å². The molecule has 5 nitrogen and oxygen atoms in total. The van der Waals surface area contributed by atoms with E-state index in [9.17, 15) is 4.79 Å². The highest BCUT2D eigenvalue weighted by Crippen LogP contribution is 2.21. The number of hydrogen-bond acceptors (Lipinski definition) is 4. The van der Waals surface area contributed by atoms with Gasteiger partial charge in [-0.3, -0.25) is 9.79 Å². The van der Waals surface area contributed by atoms with Gasteiger partial charge in [0.15, 0.2) is 5.96 Å². The third-order valence-corrected chi connectivity index (χ3v) is 5.13. The normalized spacial score (nSPS) is 16.2. The highest BCUT2D eigenvalue weighted by molar-refractivity contribution is 14.0. The Hall–Kier alpha value is -0.830. The third-order valence-electron chi connectivity index (χ3n) is 4.08. The van der Waals surface area contributed by atoms with E-state index in [-0.39, 0.29) is 42.1 Å². The maximum Gasteiger partial charge on any atom is 0.306 e. The quantitative estimate of drug-likeness (QED) is 0.193. The Morgan fingerprint density at radius 1 is 1.44 bits per heavy atom. The van der Waals surface area contributed by atoms with Crippen LogP contribution in [0.5, 0.6) is 0 Å².